The minimum atomic E-state index is -0.802. The minimum absolute atomic E-state index is 0.0109. The first-order chi connectivity index (χ1) is 11.5. The molecular formula is C19H24N2O3. The first kappa shape index (κ1) is 16.6. The van der Waals surface area contributed by atoms with Crippen molar-refractivity contribution in [3.8, 4) is 0 Å². The Labute approximate surface area is 141 Å². The van der Waals surface area contributed by atoms with Crippen LogP contribution in [0.5, 0.6) is 0 Å². The lowest BCUT2D eigenvalue weighted by atomic mass is 9.99. The number of carboxylic acid groups (broad SMARTS) is 1. The number of fused-ring (bicyclic) bond motifs is 1. The summed E-state index contributed by atoms with van der Waals surface area (Å²) in [5.74, 6) is -1.33. The fourth-order valence-corrected chi connectivity index (χ4v) is 3.74. The van der Waals surface area contributed by atoms with Gasteiger partial charge in [0.1, 0.15) is 0 Å². The Morgan fingerprint density at radius 2 is 2.12 bits per heavy atom. The van der Waals surface area contributed by atoms with Gasteiger partial charge >= 0.3 is 5.97 Å². The zero-order valence-electron chi connectivity index (χ0n) is 14.3. The second kappa shape index (κ2) is 6.67. The molecule has 0 fully saturated rings. The van der Waals surface area contributed by atoms with Gasteiger partial charge in [0, 0.05) is 25.0 Å². The summed E-state index contributed by atoms with van der Waals surface area (Å²) >= 11 is 0. The van der Waals surface area contributed by atoms with Crippen molar-refractivity contribution < 1.29 is 14.7 Å². The summed E-state index contributed by atoms with van der Waals surface area (Å²) in [6.45, 7) is 5.50. The van der Waals surface area contributed by atoms with Crippen molar-refractivity contribution in [1.29, 1.82) is 0 Å². The van der Waals surface area contributed by atoms with Gasteiger partial charge in [0.15, 0.2) is 0 Å². The molecule has 0 saturated carbocycles. The number of aryl methyl sites for hydroxylation is 2. The van der Waals surface area contributed by atoms with E-state index < -0.39 is 11.9 Å². The van der Waals surface area contributed by atoms with Crippen LogP contribution < -0.4 is 0 Å². The third kappa shape index (κ3) is 2.79. The molecule has 5 heteroatoms. The highest BCUT2D eigenvalue weighted by atomic mass is 16.4. The van der Waals surface area contributed by atoms with E-state index in [0.717, 1.165) is 37.1 Å². The molecule has 2 aromatic rings. The van der Waals surface area contributed by atoms with Crippen LogP contribution in [0.1, 0.15) is 66.0 Å². The number of carbonyl (C=O) groups excluding carboxylic acids is 1. The molecule has 24 heavy (non-hydrogen) atoms. The summed E-state index contributed by atoms with van der Waals surface area (Å²) in [5.41, 5.74) is 2.97. The topological polar surface area (TPSA) is 64.2 Å². The quantitative estimate of drug-likeness (QED) is 0.853. The molecule has 0 aliphatic carbocycles. The van der Waals surface area contributed by atoms with Crippen LogP contribution in [0, 0.1) is 6.92 Å². The number of rotatable bonds is 5. The number of hydrogen-bond acceptors (Lipinski definition) is 2. The summed E-state index contributed by atoms with van der Waals surface area (Å²) in [5, 5.41) is 9.54. The normalized spacial score (nSPS) is 17.3. The van der Waals surface area contributed by atoms with Crippen molar-refractivity contribution in [1.82, 2.24) is 9.13 Å². The van der Waals surface area contributed by atoms with E-state index in [0.29, 0.717) is 24.4 Å². The van der Waals surface area contributed by atoms with Crippen LogP contribution in [-0.4, -0.2) is 26.0 Å². The Hall–Kier alpha value is -2.30. The van der Waals surface area contributed by atoms with Crippen LogP contribution >= 0.6 is 0 Å². The smallest absolute Gasteiger partial charge is 0.312 e. The third-order valence-corrected chi connectivity index (χ3v) is 4.84. The van der Waals surface area contributed by atoms with Crippen molar-refractivity contribution >= 4 is 11.8 Å². The van der Waals surface area contributed by atoms with Gasteiger partial charge in [0.25, 0.3) is 0 Å². The lowest BCUT2D eigenvalue weighted by molar-refractivity contribution is -0.139. The van der Waals surface area contributed by atoms with Crippen molar-refractivity contribution in [2.24, 2.45) is 0 Å². The molecule has 1 aliphatic heterocycles. The number of aromatic nitrogens is 2. The molecule has 0 saturated heterocycles. The zero-order chi connectivity index (χ0) is 17.3. The molecule has 1 atom stereocenters. The van der Waals surface area contributed by atoms with Gasteiger partial charge in [0.2, 0.25) is 5.78 Å². The van der Waals surface area contributed by atoms with Gasteiger partial charge in [-0.25, -0.2) is 0 Å². The average Bonchev–Trinajstić information content (AvgIpc) is 3.06. The summed E-state index contributed by atoms with van der Waals surface area (Å²) in [6, 6.07) is 5.64. The Bertz CT molecular complexity index is 770. The van der Waals surface area contributed by atoms with Gasteiger partial charge in [-0.1, -0.05) is 13.3 Å². The van der Waals surface area contributed by atoms with Crippen LogP contribution in [0.2, 0.25) is 0 Å². The van der Waals surface area contributed by atoms with E-state index in [2.05, 4.69) is 6.92 Å². The molecule has 0 aromatic carbocycles. The Morgan fingerprint density at radius 1 is 1.33 bits per heavy atom. The average molecular weight is 328 g/mol. The highest BCUT2D eigenvalue weighted by Gasteiger charge is 2.30. The van der Waals surface area contributed by atoms with Gasteiger partial charge in [-0.15, -0.1) is 0 Å². The van der Waals surface area contributed by atoms with E-state index >= 15 is 0 Å². The minimum Gasteiger partial charge on any atom is -0.481 e. The fraction of sp³-hybridized carbons (Fsp3) is 0.474. The molecular weight excluding hydrogens is 304 g/mol. The van der Waals surface area contributed by atoms with E-state index in [1.54, 1.807) is 0 Å². The lowest BCUT2D eigenvalue weighted by Gasteiger charge is -2.14. The van der Waals surface area contributed by atoms with Gasteiger partial charge in [-0.05, 0) is 49.9 Å². The lowest BCUT2D eigenvalue weighted by Crippen LogP contribution is -2.18. The molecule has 0 amide bonds. The first-order valence-electron chi connectivity index (χ1n) is 8.67. The third-order valence-electron chi connectivity index (χ3n) is 4.84. The Balaban J connectivity index is 2.07. The summed E-state index contributed by atoms with van der Waals surface area (Å²) in [4.78, 5) is 24.8. The van der Waals surface area contributed by atoms with Gasteiger partial charge in [-0.3, -0.25) is 9.59 Å². The second-order valence-corrected chi connectivity index (χ2v) is 6.56. The number of carboxylic acids is 1. The first-order valence-corrected chi connectivity index (χ1v) is 8.67. The zero-order valence-corrected chi connectivity index (χ0v) is 14.3. The summed E-state index contributed by atoms with van der Waals surface area (Å²) in [6.07, 6.45) is 5.30. The summed E-state index contributed by atoms with van der Waals surface area (Å²) < 4.78 is 3.93. The van der Waals surface area contributed by atoms with Crippen molar-refractivity contribution in [3.05, 3.63) is 47.0 Å². The SMILES string of the molecule is CCCn1cccc1C(=O)c1c(C)cc2n1CCCCC2C(=O)O. The number of hydrogen-bond donors (Lipinski definition) is 1. The second-order valence-electron chi connectivity index (χ2n) is 6.56. The van der Waals surface area contributed by atoms with Crippen molar-refractivity contribution in [2.45, 2.75) is 58.5 Å². The predicted molar refractivity (Wildman–Crippen MR) is 91.6 cm³/mol. The van der Waals surface area contributed by atoms with Crippen molar-refractivity contribution in [3.63, 3.8) is 0 Å². The molecule has 128 valence electrons. The number of ketones is 1. The molecule has 2 aromatic heterocycles. The number of carbonyl (C=O) groups is 2. The standard InChI is InChI=1S/C19H24N2O3/c1-3-9-20-10-6-8-15(20)18(22)17-13(2)12-16-14(19(23)24)7-4-5-11-21(16)17/h6,8,10,12,14H,3-5,7,9,11H2,1-2H3,(H,23,24). The van der Waals surface area contributed by atoms with Gasteiger partial charge in [-0.2, -0.15) is 0 Å². The van der Waals surface area contributed by atoms with Crippen LogP contribution in [0.25, 0.3) is 0 Å². The highest BCUT2D eigenvalue weighted by Crippen LogP contribution is 2.32. The largest absolute Gasteiger partial charge is 0.481 e. The Kier molecular flexibility index (Phi) is 4.60. The molecule has 1 unspecified atom stereocenters. The molecule has 3 heterocycles. The molecule has 1 aliphatic rings. The van der Waals surface area contributed by atoms with Gasteiger partial charge in [0.05, 0.1) is 17.3 Å². The van der Waals surface area contributed by atoms with Crippen LogP contribution in [0.3, 0.4) is 0 Å². The molecule has 3 rings (SSSR count). The molecule has 0 radical (unpaired) electrons. The fourth-order valence-electron chi connectivity index (χ4n) is 3.74. The maximum atomic E-state index is 13.2. The maximum absolute atomic E-state index is 13.2. The molecule has 0 spiro atoms. The molecule has 1 N–H and O–H groups in total. The Morgan fingerprint density at radius 3 is 2.83 bits per heavy atom. The van der Waals surface area contributed by atoms with Crippen LogP contribution in [0.15, 0.2) is 24.4 Å². The van der Waals surface area contributed by atoms with Gasteiger partial charge < -0.3 is 14.2 Å². The van der Waals surface area contributed by atoms with E-state index in [1.807, 2.05) is 40.5 Å². The maximum Gasteiger partial charge on any atom is 0.312 e. The number of aliphatic carboxylic acids is 1. The predicted octanol–water partition coefficient (Wildman–Crippen LogP) is 3.59. The molecule has 0 bridgehead atoms. The van der Waals surface area contributed by atoms with E-state index in [-0.39, 0.29) is 5.78 Å². The van der Waals surface area contributed by atoms with Crippen LogP contribution in [0.4, 0.5) is 0 Å². The van der Waals surface area contributed by atoms with E-state index in [9.17, 15) is 14.7 Å². The summed E-state index contributed by atoms with van der Waals surface area (Å²) in [7, 11) is 0. The van der Waals surface area contributed by atoms with E-state index in [1.165, 1.54) is 0 Å². The highest BCUT2D eigenvalue weighted by molar-refractivity contribution is 6.08. The van der Waals surface area contributed by atoms with Crippen LogP contribution in [-0.2, 0) is 17.9 Å². The van der Waals surface area contributed by atoms with E-state index in [4.69, 9.17) is 0 Å². The van der Waals surface area contributed by atoms with Crippen molar-refractivity contribution in [2.75, 3.05) is 0 Å². The number of nitrogens with zero attached hydrogens (tertiary/aromatic N) is 2. The molecule has 5 nitrogen and oxygen atoms in total. The monoisotopic (exact) mass is 328 g/mol.